The van der Waals surface area contributed by atoms with Crippen LogP contribution in [0.2, 0.25) is 5.15 Å². The summed E-state index contributed by atoms with van der Waals surface area (Å²) in [6.07, 6.45) is 1.46. The fourth-order valence-corrected chi connectivity index (χ4v) is 3.29. The first-order valence-corrected chi connectivity index (χ1v) is 8.96. The zero-order valence-electron chi connectivity index (χ0n) is 13.5. The van der Waals surface area contributed by atoms with E-state index in [2.05, 4.69) is 20.4 Å². The molecule has 6 nitrogen and oxygen atoms in total. The van der Waals surface area contributed by atoms with Crippen LogP contribution >= 0.6 is 22.9 Å². The Bertz CT molecular complexity index is 1110. The Morgan fingerprint density at radius 2 is 2.00 bits per heavy atom. The van der Waals surface area contributed by atoms with E-state index in [0.29, 0.717) is 27.5 Å². The fraction of sp³-hybridized carbons (Fsp3) is 0. The summed E-state index contributed by atoms with van der Waals surface area (Å²) >= 11 is 7.17. The highest BCUT2D eigenvalue weighted by Gasteiger charge is 2.18. The summed E-state index contributed by atoms with van der Waals surface area (Å²) < 4.78 is 18.4. The van der Waals surface area contributed by atoms with Crippen LogP contribution in [0.5, 0.6) is 0 Å². The van der Waals surface area contributed by atoms with E-state index in [9.17, 15) is 9.18 Å². The van der Waals surface area contributed by atoms with Crippen molar-refractivity contribution in [1.29, 1.82) is 0 Å². The van der Waals surface area contributed by atoms with Gasteiger partial charge >= 0.3 is 0 Å². The summed E-state index contributed by atoms with van der Waals surface area (Å²) in [7, 11) is 0. The number of anilines is 1. The van der Waals surface area contributed by atoms with Gasteiger partial charge < -0.3 is 9.84 Å². The zero-order valence-corrected chi connectivity index (χ0v) is 15.1. The molecule has 4 aromatic rings. The van der Waals surface area contributed by atoms with Crippen molar-refractivity contribution in [2.75, 3.05) is 5.32 Å². The van der Waals surface area contributed by atoms with Crippen LogP contribution in [0.25, 0.3) is 22.2 Å². The van der Waals surface area contributed by atoms with Gasteiger partial charge in [-0.2, -0.15) is 4.98 Å². The van der Waals surface area contributed by atoms with Gasteiger partial charge in [0, 0.05) is 17.3 Å². The maximum Gasteiger partial charge on any atom is 0.270 e. The predicted octanol–water partition coefficient (Wildman–Crippen LogP) is 4.90. The Morgan fingerprint density at radius 1 is 1.19 bits per heavy atom. The SMILES string of the molecule is O=C(Nc1ccsc1-c1nc(-c2ccc(F)cc2)no1)c1ccnc(Cl)c1. The summed E-state index contributed by atoms with van der Waals surface area (Å²) in [6.45, 7) is 0. The van der Waals surface area contributed by atoms with E-state index in [4.69, 9.17) is 16.1 Å². The second kappa shape index (κ2) is 7.26. The molecule has 1 aromatic carbocycles. The van der Waals surface area contributed by atoms with Gasteiger partial charge in [-0.15, -0.1) is 11.3 Å². The molecular weight excluding hydrogens is 391 g/mol. The summed E-state index contributed by atoms with van der Waals surface area (Å²) in [6, 6.07) is 10.5. The molecule has 0 saturated carbocycles. The van der Waals surface area contributed by atoms with E-state index in [0.717, 1.165) is 0 Å². The number of aromatic nitrogens is 3. The fourth-order valence-electron chi connectivity index (χ4n) is 2.34. The van der Waals surface area contributed by atoms with Crippen LogP contribution in [-0.4, -0.2) is 21.0 Å². The number of nitrogens with one attached hydrogen (secondary N) is 1. The molecule has 0 spiro atoms. The molecule has 0 aliphatic heterocycles. The number of nitrogens with zero attached hydrogens (tertiary/aromatic N) is 3. The Balaban J connectivity index is 1.59. The van der Waals surface area contributed by atoms with Crippen molar-refractivity contribution in [2.24, 2.45) is 0 Å². The minimum absolute atomic E-state index is 0.231. The van der Waals surface area contributed by atoms with Gasteiger partial charge in [-0.3, -0.25) is 4.79 Å². The highest BCUT2D eigenvalue weighted by Crippen LogP contribution is 2.34. The van der Waals surface area contributed by atoms with Crippen molar-refractivity contribution in [2.45, 2.75) is 0 Å². The average molecular weight is 401 g/mol. The van der Waals surface area contributed by atoms with Gasteiger partial charge in [0.1, 0.15) is 15.8 Å². The van der Waals surface area contributed by atoms with Crippen LogP contribution in [0, 0.1) is 5.82 Å². The molecular formula is C18H10ClFN4O2S. The Hall–Kier alpha value is -3.10. The van der Waals surface area contributed by atoms with Crippen LogP contribution in [-0.2, 0) is 0 Å². The van der Waals surface area contributed by atoms with Crippen molar-refractivity contribution in [3.63, 3.8) is 0 Å². The van der Waals surface area contributed by atoms with Crippen LogP contribution in [0.4, 0.5) is 10.1 Å². The molecule has 9 heteroatoms. The second-order valence-electron chi connectivity index (χ2n) is 5.41. The maximum absolute atomic E-state index is 13.1. The topological polar surface area (TPSA) is 80.9 Å². The van der Waals surface area contributed by atoms with Crippen molar-refractivity contribution >= 4 is 34.5 Å². The highest BCUT2D eigenvalue weighted by atomic mass is 35.5. The van der Waals surface area contributed by atoms with Gasteiger partial charge in [0.05, 0.1) is 5.69 Å². The highest BCUT2D eigenvalue weighted by molar-refractivity contribution is 7.14. The van der Waals surface area contributed by atoms with Crippen molar-refractivity contribution in [1.82, 2.24) is 15.1 Å². The van der Waals surface area contributed by atoms with Crippen LogP contribution in [0.1, 0.15) is 10.4 Å². The molecule has 0 atom stereocenters. The van der Waals surface area contributed by atoms with E-state index in [1.165, 1.54) is 35.7 Å². The Labute approximate surface area is 161 Å². The van der Waals surface area contributed by atoms with Gasteiger partial charge in [-0.05, 0) is 47.8 Å². The lowest BCUT2D eigenvalue weighted by molar-refractivity contribution is 0.102. The first-order chi connectivity index (χ1) is 13.1. The predicted molar refractivity (Wildman–Crippen MR) is 100 cm³/mol. The van der Waals surface area contributed by atoms with Gasteiger partial charge in [0.25, 0.3) is 11.8 Å². The minimum Gasteiger partial charge on any atom is -0.333 e. The molecule has 0 bridgehead atoms. The molecule has 4 rings (SSSR count). The standard InChI is InChI=1S/C18H10ClFN4O2S/c19-14-9-11(5-7-21-14)17(25)22-13-6-8-27-15(13)18-23-16(24-26-18)10-1-3-12(20)4-2-10/h1-9H,(H,22,25). The number of rotatable bonds is 4. The number of pyridine rings is 1. The van der Waals surface area contributed by atoms with E-state index in [1.807, 2.05) is 0 Å². The molecule has 0 aliphatic carbocycles. The van der Waals surface area contributed by atoms with Gasteiger partial charge in [0.2, 0.25) is 5.82 Å². The lowest BCUT2D eigenvalue weighted by Gasteiger charge is -2.04. The minimum atomic E-state index is -0.345. The summed E-state index contributed by atoms with van der Waals surface area (Å²) in [5.74, 6) is -0.0943. The smallest absolute Gasteiger partial charge is 0.270 e. The van der Waals surface area contributed by atoms with E-state index >= 15 is 0 Å². The van der Waals surface area contributed by atoms with E-state index in [1.54, 1.807) is 29.6 Å². The quantitative estimate of drug-likeness (QED) is 0.492. The van der Waals surface area contributed by atoms with E-state index < -0.39 is 0 Å². The number of carbonyl (C=O) groups excluding carboxylic acids is 1. The summed E-state index contributed by atoms with van der Waals surface area (Å²) in [5.41, 5.74) is 1.54. The molecule has 0 radical (unpaired) electrons. The monoisotopic (exact) mass is 400 g/mol. The molecule has 0 fully saturated rings. The summed E-state index contributed by atoms with van der Waals surface area (Å²) in [4.78, 5) is 21.2. The molecule has 1 amide bonds. The number of carbonyl (C=O) groups is 1. The van der Waals surface area contributed by atoms with Crippen molar-refractivity contribution in [3.8, 4) is 22.2 Å². The van der Waals surface area contributed by atoms with Gasteiger partial charge in [-0.25, -0.2) is 9.37 Å². The normalized spacial score (nSPS) is 10.7. The first kappa shape index (κ1) is 17.3. The van der Waals surface area contributed by atoms with Crippen LogP contribution in [0.15, 0.2) is 58.6 Å². The molecule has 27 heavy (non-hydrogen) atoms. The molecule has 3 aromatic heterocycles. The third kappa shape index (κ3) is 3.71. The average Bonchev–Trinajstić information content (AvgIpc) is 3.31. The lowest BCUT2D eigenvalue weighted by atomic mass is 10.2. The van der Waals surface area contributed by atoms with E-state index in [-0.39, 0.29) is 22.8 Å². The van der Waals surface area contributed by atoms with Crippen LogP contribution in [0.3, 0.4) is 0 Å². The maximum atomic E-state index is 13.1. The number of hydrogen-bond acceptors (Lipinski definition) is 6. The first-order valence-electron chi connectivity index (χ1n) is 7.70. The molecule has 3 heterocycles. The van der Waals surface area contributed by atoms with Gasteiger partial charge in [0.15, 0.2) is 0 Å². The third-order valence-electron chi connectivity index (χ3n) is 3.62. The zero-order chi connectivity index (χ0) is 18.8. The number of benzene rings is 1. The van der Waals surface area contributed by atoms with Crippen LogP contribution < -0.4 is 5.32 Å². The molecule has 134 valence electrons. The number of amides is 1. The van der Waals surface area contributed by atoms with Crippen molar-refractivity contribution in [3.05, 3.63) is 70.6 Å². The Kier molecular flexibility index (Phi) is 4.66. The molecule has 0 aliphatic rings. The molecule has 0 saturated heterocycles. The number of thiophene rings is 1. The third-order valence-corrected chi connectivity index (χ3v) is 4.73. The summed E-state index contributed by atoms with van der Waals surface area (Å²) in [5, 5.41) is 8.75. The molecule has 0 unspecified atom stereocenters. The largest absolute Gasteiger partial charge is 0.333 e. The number of hydrogen-bond donors (Lipinski definition) is 1. The van der Waals surface area contributed by atoms with Gasteiger partial charge in [-0.1, -0.05) is 16.8 Å². The number of halogens is 2. The molecule has 1 N–H and O–H groups in total. The van der Waals surface area contributed by atoms with Crippen molar-refractivity contribution < 1.29 is 13.7 Å². The lowest BCUT2D eigenvalue weighted by Crippen LogP contribution is -2.12. The Morgan fingerprint density at radius 3 is 2.78 bits per heavy atom. The second-order valence-corrected chi connectivity index (χ2v) is 6.72.